The molecule has 1 saturated carbocycles. The van der Waals surface area contributed by atoms with Crippen LogP contribution < -0.4 is 10.6 Å². The van der Waals surface area contributed by atoms with Gasteiger partial charge in [0.25, 0.3) is 0 Å². The van der Waals surface area contributed by atoms with Crippen LogP contribution in [0.4, 0.5) is 0 Å². The smallest absolute Gasteiger partial charge is 0.243 e. The highest BCUT2D eigenvalue weighted by atomic mass is 32.1. The number of rotatable bonds is 5. The molecule has 6 heteroatoms. The lowest BCUT2D eigenvalue weighted by Gasteiger charge is -2.26. The van der Waals surface area contributed by atoms with Gasteiger partial charge in [-0.15, -0.1) is 0 Å². The van der Waals surface area contributed by atoms with E-state index in [0.29, 0.717) is 12.5 Å². The van der Waals surface area contributed by atoms with Crippen molar-refractivity contribution in [3.8, 4) is 0 Å². The van der Waals surface area contributed by atoms with Crippen molar-refractivity contribution in [3.63, 3.8) is 0 Å². The number of nitrogens with one attached hydrogen (secondary N) is 2. The van der Waals surface area contributed by atoms with Gasteiger partial charge in [0.05, 0.1) is 6.10 Å². The average Bonchev–Trinajstić information content (AvgIpc) is 2.34. The van der Waals surface area contributed by atoms with Crippen molar-refractivity contribution in [3.05, 3.63) is 0 Å². The molecular formula is C12H22N2O3S. The highest BCUT2D eigenvalue weighted by molar-refractivity contribution is 7.80. The average molecular weight is 274 g/mol. The molecule has 0 radical (unpaired) electrons. The van der Waals surface area contributed by atoms with Gasteiger partial charge in [0.2, 0.25) is 11.8 Å². The summed E-state index contributed by atoms with van der Waals surface area (Å²) < 4.78 is 0. The molecule has 1 aliphatic rings. The second-order valence-corrected chi connectivity index (χ2v) is 5.22. The number of thiol groups is 1. The zero-order chi connectivity index (χ0) is 13.5. The summed E-state index contributed by atoms with van der Waals surface area (Å²) in [5, 5.41) is 14.8. The molecule has 1 rings (SSSR count). The summed E-state index contributed by atoms with van der Waals surface area (Å²) in [4.78, 5) is 22.7. The minimum absolute atomic E-state index is 0.179. The van der Waals surface area contributed by atoms with E-state index in [4.69, 9.17) is 0 Å². The van der Waals surface area contributed by atoms with Gasteiger partial charge in [-0.05, 0) is 31.6 Å². The molecule has 5 nitrogen and oxygen atoms in total. The maximum Gasteiger partial charge on any atom is 0.243 e. The fraction of sp³-hybridized carbons (Fsp3) is 0.833. The van der Waals surface area contributed by atoms with Crippen molar-refractivity contribution < 1.29 is 14.7 Å². The van der Waals surface area contributed by atoms with Gasteiger partial charge in [-0.3, -0.25) is 9.59 Å². The third-order valence-corrected chi connectivity index (χ3v) is 3.62. The topological polar surface area (TPSA) is 78.4 Å². The van der Waals surface area contributed by atoms with Crippen LogP contribution in [0, 0.1) is 5.92 Å². The van der Waals surface area contributed by atoms with E-state index in [1.807, 2.05) is 0 Å². The molecule has 1 fully saturated rings. The molecule has 0 aliphatic heterocycles. The van der Waals surface area contributed by atoms with Gasteiger partial charge in [0.15, 0.2) is 0 Å². The Morgan fingerprint density at radius 3 is 2.44 bits per heavy atom. The van der Waals surface area contributed by atoms with E-state index in [0.717, 1.165) is 25.7 Å². The predicted molar refractivity (Wildman–Crippen MR) is 72.4 cm³/mol. The molecule has 0 aromatic carbocycles. The Labute approximate surface area is 113 Å². The van der Waals surface area contributed by atoms with E-state index in [1.165, 1.54) is 6.92 Å². The summed E-state index contributed by atoms with van der Waals surface area (Å²) in [5.74, 6) is 0.293. The second-order valence-electron chi connectivity index (χ2n) is 4.86. The van der Waals surface area contributed by atoms with Crippen LogP contribution in [0.2, 0.25) is 0 Å². The van der Waals surface area contributed by atoms with Crippen LogP contribution in [0.3, 0.4) is 0 Å². The first-order chi connectivity index (χ1) is 8.52. The standard InChI is InChI=1S/C12H22N2O3S/c1-8(15)14-11(7-18)12(17)13-6-9-2-4-10(16)5-3-9/h9-11,16,18H,2-7H2,1H3,(H,13,17)(H,14,15). The Hall–Kier alpha value is -0.750. The Morgan fingerprint density at radius 1 is 1.33 bits per heavy atom. The molecule has 0 bridgehead atoms. The zero-order valence-corrected chi connectivity index (χ0v) is 11.6. The van der Waals surface area contributed by atoms with Crippen LogP contribution in [0.5, 0.6) is 0 Å². The minimum Gasteiger partial charge on any atom is -0.393 e. The van der Waals surface area contributed by atoms with Gasteiger partial charge in [-0.25, -0.2) is 0 Å². The first-order valence-corrected chi connectivity index (χ1v) is 7.00. The Bertz CT molecular complexity index is 291. The van der Waals surface area contributed by atoms with Crippen LogP contribution >= 0.6 is 12.6 Å². The molecule has 1 unspecified atom stereocenters. The molecule has 2 amide bonds. The summed E-state index contributed by atoms with van der Waals surface area (Å²) in [6.45, 7) is 1.99. The van der Waals surface area contributed by atoms with Crippen molar-refractivity contribution in [2.75, 3.05) is 12.3 Å². The highest BCUT2D eigenvalue weighted by Gasteiger charge is 2.22. The lowest BCUT2D eigenvalue weighted by molar-refractivity contribution is -0.127. The lowest BCUT2D eigenvalue weighted by Crippen LogP contribution is -2.48. The van der Waals surface area contributed by atoms with Gasteiger partial charge in [-0.2, -0.15) is 12.6 Å². The number of hydrogen-bond donors (Lipinski definition) is 4. The molecule has 18 heavy (non-hydrogen) atoms. The zero-order valence-electron chi connectivity index (χ0n) is 10.7. The van der Waals surface area contributed by atoms with Crippen molar-refractivity contribution in [2.45, 2.75) is 44.8 Å². The van der Waals surface area contributed by atoms with Crippen LogP contribution in [0.25, 0.3) is 0 Å². The number of amides is 2. The summed E-state index contributed by atoms with van der Waals surface area (Å²) in [6.07, 6.45) is 3.31. The summed E-state index contributed by atoms with van der Waals surface area (Å²) >= 11 is 4.05. The predicted octanol–water partition coefficient (Wildman–Crippen LogP) is 0.0882. The molecule has 0 aromatic rings. The summed E-state index contributed by atoms with van der Waals surface area (Å²) in [7, 11) is 0. The maximum absolute atomic E-state index is 11.8. The van der Waals surface area contributed by atoms with Gasteiger partial charge < -0.3 is 15.7 Å². The van der Waals surface area contributed by atoms with E-state index in [-0.39, 0.29) is 23.7 Å². The van der Waals surface area contributed by atoms with Crippen LogP contribution in [0.1, 0.15) is 32.6 Å². The quantitative estimate of drug-likeness (QED) is 0.537. The lowest BCUT2D eigenvalue weighted by atomic mass is 9.87. The van der Waals surface area contributed by atoms with Crippen LogP contribution in [-0.2, 0) is 9.59 Å². The first kappa shape index (κ1) is 15.3. The Morgan fingerprint density at radius 2 is 1.94 bits per heavy atom. The van der Waals surface area contributed by atoms with Gasteiger partial charge in [-0.1, -0.05) is 0 Å². The van der Waals surface area contributed by atoms with Crippen molar-refractivity contribution in [2.24, 2.45) is 5.92 Å². The number of aliphatic hydroxyl groups excluding tert-OH is 1. The van der Waals surface area contributed by atoms with E-state index in [2.05, 4.69) is 23.3 Å². The Balaban J connectivity index is 2.28. The van der Waals surface area contributed by atoms with E-state index >= 15 is 0 Å². The van der Waals surface area contributed by atoms with E-state index < -0.39 is 6.04 Å². The SMILES string of the molecule is CC(=O)NC(CS)C(=O)NCC1CCC(O)CC1. The summed E-state index contributed by atoms with van der Waals surface area (Å²) in [6, 6.07) is -0.569. The molecular weight excluding hydrogens is 252 g/mol. The molecule has 1 aliphatic carbocycles. The van der Waals surface area contributed by atoms with Gasteiger partial charge in [0, 0.05) is 19.2 Å². The third-order valence-electron chi connectivity index (χ3n) is 3.26. The summed E-state index contributed by atoms with van der Waals surface area (Å²) in [5.41, 5.74) is 0. The van der Waals surface area contributed by atoms with Crippen molar-refractivity contribution in [1.82, 2.24) is 10.6 Å². The number of carbonyl (C=O) groups is 2. The van der Waals surface area contributed by atoms with Gasteiger partial charge in [0.1, 0.15) is 6.04 Å². The van der Waals surface area contributed by atoms with Crippen molar-refractivity contribution in [1.29, 1.82) is 0 Å². The molecule has 104 valence electrons. The highest BCUT2D eigenvalue weighted by Crippen LogP contribution is 2.23. The van der Waals surface area contributed by atoms with E-state index in [9.17, 15) is 14.7 Å². The Kier molecular flexibility index (Phi) is 6.49. The second kappa shape index (κ2) is 7.63. The normalized spacial score (nSPS) is 25.3. The molecule has 0 aromatic heterocycles. The minimum atomic E-state index is -0.569. The number of carbonyl (C=O) groups excluding carboxylic acids is 2. The maximum atomic E-state index is 11.8. The van der Waals surface area contributed by atoms with E-state index in [1.54, 1.807) is 0 Å². The fourth-order valence-electron chi connectivity index (χ4n) is 2.16. The third kappa shape index (κ3) is 5.27. The molecule has 0 saturated heterocycles. The van der Waals surface area contributed by atoms with Crippen molar-refractivity contribution >= 4 is 24.4 Å². The molecule has 0 spiro atoms. The monoisotopic (exact) mass is 274 g/mol. The molecule has 3 N–H and O–H groups in total. The fourth-order valence-corrected chi connectivity index (χ4v) is 2.41. The van der Waals surface area contributed by atoms with Gasteiger partial charge >= 0.3 is 0 Å². The van der Waals surface area contributed by atoms with Crippen LogP contribution in [0.15, 0.2) is 0 Å². The number of hydrogen-bond acceptors (Lipinski definition) is 4. The largest absolute Gasteiger partial charge is 0.393 e. The van der Waals surface area contributed by atoms with Crippen LogP contribution in [-0.4, -0.2) is 41.4 Å². The number of aliphatic hydroxyl groups is 1. The molecule has 1 atom stereocenters. The first-order valence-electron chi connectivity index (χ1n) is 6.36. The molecule has 0 heterocycles.